The maximum absolute atomic E-state index is 14.5. The van der Waals surface area contributed by atoms with Gasteiger partial charge in [-0.1, -0.05) is 6.07 Å². The molecule has 1 amide bonds. The van der Waals surface area contributed by atoms with Crippen LogP contribution >= 0.6 is 0 Å². The molecule has 168 valence electrons. The molecule has 0 aromatic carbocycles. The number of nitrogens with zero attached hydrogens (tertiary/aromatic N) is 7. The van der Waals surface area contributed by atoms with Crippen LogP contribution in [0, 0.1) is 11.7 Å². The van der Waals surface area contributed by atoms with E-state index in [9.17, 15) is 9.18 Å². The Hall–Kier alpha value is -3.27. The molecule has 3 aromatic heterocycles. The van der Waals surface area contributed by atoms with E-state index in [0.29, 0.717) is 25.6 Å². The number of rotatable bonds is 5. The summed E-state index contributed by atoms with van der Waals surface area (Å²) in [5.74, 6) is 0.136. The Bertz CT molecular complexity index is 1110. The van der Waals surface area contributed by atoms with Crippen molar-refractivity contribution >= 4 is 23.3 Å². The van der Waals surface area contributed by atoms with Gasteiger partial charge in [0.25, 0.3) is 0 Å². The lowest BCUT2D eigenvalue weighted by atomic mass is 9.99. The third-order valence-corrected chi connectivity index (χ3v) is 6.20. The second-order valence-electron chi connectivity index (χ2n) is 8.48. The van der Waals surface area contributed by atoms with Crippen molar-refractivity contribution in [2.24, 2.45) is 5.92 Å². The predicted octanol–water partition coefficient (Wildman–Crippen LogP) is 1.16. The number of anilines is 2. The molecule has 2 fully saturated rings. The highest BCUT2D eigenvalue weighted by Crippen LogP contribution is 2.27. The van der Waals surface area contributed by atoms with Crippen LogP contribution in [-0.4, -0.2) is 76.5 Å². The zero-order valence-electron chi connectivity index (χ0n) is 18.1. The molecule has 32 heavy (non-hydrogen) atoms. The van der Waals surface area contributed by atoms with E-state index in [4.69, 9.17) is 0 Å². The van der Waals surface area contributed by atoms with Crippen LogP contribution in [0.25, 0.3) is 5.65 Å². The molecule has 0 unspecified atom stereocenters. The molecule has 0 radical (unpaired) electrons. The summed E-state index contributed by atoms with van der Waals surface area (Å²) in [6, 6.07) is 5.78. The van der Waals surface area contributed by atoms with Gasteiger partial charge >= 0.3 is 0 Å². The number of likely N-dealkylation sites (N-methyl/N-ethyl adjacent to an activating group) is 1. The van der Waals surface area contributed by atoms with Crippen molar-refractivity contribution in [1.29, 1.82) is 0 Å². The second-order valence-corrected chi connectivity index (χ2v) is 8.48. The molecule has 5 rings (SSSR count). The molecule has 0 atom stereocenters. The summed E-state index contributed by atoms with van der Waals surface area (Å²) >= 11 is 0. The quantitative estimate of drug-likeness (QED) is 0.640. The molecule has 2 aliphatic rings. The van der Waals surface area contributed by atoms with Gasteiger partial charge in [-0.05, 0) is 32.1 Å². The van der Waals surface area contributed by atoms with E-state index in [-0.39, 0.29) is 17.6 Å². The molecular formula is C22H27FN8O. The summed E-state index contributed by atoms with van der Waals surface area (Å²) in [7, 11) is 2.10. The molecular weight excluding hydrogens is 411 g/mol. The number of fused-ring (bicyclic) bond motifs is 1. The van der Waals surface area contributed by atoms with E-state index >= 15 is 0 Å². The summed E-state index contributed by atoms with van der Waals surface area (Å²) in [6.45, 7) is 4.90. The summed E-state index contributed by atoms with van der Waals surface area (Å²) in [6.07, 6.45) is 5.95. The van der Waals surface area contributed by atoms with Gasteiger partial charge < -0.3 is 24.4 Å². The Kier molecular flexibility index (Phi) is 5.60. The van der Waals surface area contributed by atoms with Gasteiger partial charge in [0.15, 0.2) is 11.6 Å². The average Bonchev–Trinajstić information content (AvgIpc) is 3.05. The van der Waals surface area contributed by atoms with Crippen molar-refractivity contribution in [1.82, 2.24) is 29.6 Å². The van der Waals surface area contributed by atoms with Crippen molar-refractivity contribution in [3.63, 3.8) is 0 Å². The fourth-order valence-electron chi connectivity index (χ4n) is 4.22. The molecule has 0 bridgehead atoms. The number of carbonyl (C=O) groups excluding carboxylic acids is 1. The smallest absolute Gasteiger partial charge is 0.227 e. The summed E-state index contributed by atoms with van der Waals surface area (Å²) in [5, 5.41) is 2.97. The van der Waals surface area contributed by atoms with Gasteiger partial charge in [-0.2, -0.15) is 4.98 Å². The number of amides is 1. The normalized spacial score (nSPS) is 17.9. The van der Waals surface area contributed by atoms with Crippen LogP contribution in [0.5, 0.6) is 0 Å². The first-order chi connectivity index (χ1) is 15.6. The maximum Gasteiger partial charge on any atom is 0.227 e. The van der Waals surface area contributed by atoms with Crippen LogP contribution in [0.2, 0.25) is 0 Å². The minimum Gasteiger partial charge on any atom is -0.352 e. The molecule has 0 spiro atoms. The fraction of sp³-hybridized carbons (Fsp3) is 0.455. The third kappa shape index (κ3) is 4.10. The largest absolute Gasteiger partial charge is 0.352 e. The zero-order valence-corrected chi connectivity index (χ0v) is 18.1. The molecule has 2 aliphatic heterocycles. The highest BCUT2D eigenvalue weighted by molar-refractivity contribution is 5.81. The van der Waals surface area contributed by atoms with Gasteiger partial charge in [0.05, 0.1) is 30.6 Å². The Labute approximate surface area is 185 Å². The first kappa shape index (κ1) is 20.6. The van der Waals surface area contributed by atoms with Crippen LogP contribution in [0.4, 0.5) is 16.2 Å². The van der Waals surface area contributed by atoms with Crippen LogP contribution in [0.15, 0.2) is 36.8 Å². The van der Waals surface area contributed by atoms with Crippen molar-refractivity contribution < 1.29 is 9.18 Å². The first-order valence-electron chi connectivity index (χ1n) is 11.0. The van der Waals surface area contributed by atoms with Gasteiger partial charge in [-0.3, -0.25) is 4.79 Å². The Morgan fingerprint density at radius 3 is 2.88 bits per heavy atom. The van der Waals surface area contributed by atoms with E-state index in [1.54, 1.807) is 6.20 Å². The van der Waals surface area contributed by atoms with E-state index < -0.39 is 5.82 Å². The number of carbonyl (C=O) groups is 1. The monoisotopic (exact) mass is 438 g/mol. The average molecular weight is 439 g/mol. The highest BCUT2D eigenvalue weighted by Gasteiger charge is 2.35. The molecule has 5 heterocycles. The molecule has 0 aliphatic carbocycles. The number of hydrogen-bond donors (Lipinski definition) is 1. The fourth-order valence-corrected chi connectivity index (χ4v) is 4.22. The molecule has 10 heteroatoms. The molecule has 9 nitrogen and oxygen atoms in total. The SMILES string of the molecule is CN1CCCN(c2ncc(F)c(N3CC(C(=O)NCc4cnc5ccccn45)C3)n2)CC1. The van der Waals surface area contributed by atoms with Crippen molar-refractivity contribution in [3.05, 3.63) is 48.3 Å². The highest BCUT2D eigenvalue weighted by atomic mass is 19.1. The summed E-state index contributed by atoms with van der Waals surface area (Å²) in [5.41, 5.74) is 1.76. The van der Waals surface area contributed by atoms with Gasteiger partial charge in [0, 0.05) is 38.9 Å². The van der Waals surface area contributed by atoms with Crippen molar-refractivity contribution in [3.8, 4) is 0 Å². The lowest BCUT2D eigenvalue weighted by Gasteiger charge is -2.39. The molecule has 1 N–H and O–H groups in total. The Morgan fingerprint density at radius 2 is 2.00 bits per heavy atom. The molecule has 0 saturated carbocycles. The maximum atomic E-state index is 14.5. The molecule has 3 aromatic rings. The minimum absolute atomic E-state index is 0.0441. The minimum atomic E-state index is -0.453. The number of pyridine rings is 1. The summed E-state index contributed by atoms with van der Waals surface area (Å²) < 4.78 is 16.4. The van der Waals surface area contributed by atoms with E-state index in [2.05, 4.69) is 37.1 Å². The number of imidazole rings is 1. The number of hydrogen-bond acceptors (Lipinski definition) is 7. The second kappa shape index (κ2) is 8.70. The lowest BCUT2D eigenvalue weighted by molar-refractivity contribution is -0.125. The van der Waals surface area contributed by atoms with E-state index in [1.807, 2.05) is 33.7 Å². The van der Waals surface area contributed by atoms with Crippen LogP contribution in [-0.2, 0) is 11.3 Å². The van der Waals surface area contributed by atoms with Gasteiger partial charge in [0.2, 0.25) is 11.9 Å². The zero-order chi connectivity index (χ0) is 22.1. The van der Waals surface area contributed by atoms with Gasteiger partial charge in [-0.25, -0.2) is 14.4 Å². The van der Waals surface area contributed by atoms with Gasteiger partial charge in [-0.15, -0.1) is 0 Å². The molecule has 2 saturated heterocycles. The predicted molar refractivity (Wildman–Crippen MR) is 119 cm³/mol. The number of aromatic nitrogens is 4. The van der Waals surface area contributed by atoms with Crippen LogP contribution < -0.4 is 15.1 Å². The topological polar surface area (TPSA) is 81.9 Å². The van der Waals surface area contributed by atoms with Crippen LogP contribution in [0.1, 0.15) is 12.1 Å². The number of nitrogens with one attached hydrogen (secondary N) is 1. The van der Waals surface area contributed by atoms with E-state index in [0.717, 1.165) is 43.9 Å². The standard InChI is InChI=1S/C22H27FN8O/c1-28-6-4-7-29(10-9-28)22-26-13-18(23)20(27-22)30-14-16(15-30)21(32)25-12-17-11-24-19-5-2-3-8-31(17)19/h2-3,5,8,11,13,16H,4,6-7,9-10,12,14-15H2,1H3,(H,25,32). The van der Waals surface area contributed by atoms with Gasteiger partial charge in [0.1, 0.15) is 5.65 Å². The third-order valence-electron chi connectivity index (χ3n) is 6.20. The summed E-state index contributed by atoms with van der Waals surface area (Å²) in [4.78, 5) is 31.8. The van der Waals surface area contributed by atoms with E-state index in [1.165, 1.54) is 6.20 Å². The Morgan fingerprint density at radius 1 is 1.12 bits per heavy atom. The van der Waals surface area contributed by atoms with Crippen LogP contribution in [0.3, 0.4) is 0 Å². The van der Waals surface area contributed by atoms with Crippen molar-refractivity contribution in [2.75, 3.05) is 56.1 Å². The Balaban J connectivity index is 1.19. The van der Waals surface area contributed by atoms with Crippen molar-refractivity contribution in [2.45, 2.75) is 13.0 Å². The number of halogens is 1. The lowest BCUT2D eigenvalue weighted by Crippen LogP contribution is -2.54. The first-order valence-corrected chi connectivity index (χ1v) is 11.0.